The van der Waals surface area contributed by atoms with Gasteiger partial charge >= 0.3 is 0 Å². The Morgan fingerprint density at radius 3 is 2.93 bits per heavy atom. The van der Waals surface area contributed by atoms with Crippen LogP contribution in [0.2, 0.25) is 0 Å². The molecule has 0 amide bonds. The summed E-state index contributed by atoms with van der Waals surface area (Å²) >= 11 is 0. The summed E-state index contributed by atoms with van der Waals surface area (Å²) < 4.78 is 5.57. The molecule has 0 aliphatic carbocycles. The second kappa shape index (κ2) is 6.38. The van der Waals surface area contributed by atoms with Gasteiger partial charge in [0.05, 0.1) is 6.61 Å². The minimum absolute atomic E-state index is 0.633. The van der Waals surface area contributed by atoms with Gasteiger partial charge < -0.3 is 10.1 Å². The van der Waals surface area contributed by atoms with E-state index in [4.69, 9.17) is 4.74 Å². The lowest BCUT2D eigenvalue weighted by molar-refractivity contribution is 0.0775. The fraction of sp³-hybridized carbons (Fsp3) is 1.00. The van der Waals surface area contributed by atoms with Crippen molar-refractivity contribution in [3.63, 3.8) is 0 Å². The zero-order valence-corrected chi connectivity index (χ0v) is 9.75. The predicted molar refractivity (Wildman–Crippen MR) is 59.6 cm³/mol. The van der Waals surface area contributed by atoms with Crippen molar-refractivity contribution in [2.24, 2.45) is 5.92 Å². The fourth-order valence-corrected chi connectivity index (χ4v) is 1.73. The molecule has 0 aromatic heterocycles. The third-order valence-electron chi connectivity index (χ3n) is 2.46. The van der Waals surface area contributed by atoms with Crippen LogP contribution in [-0.4, -0.2) is 50.3 Å². The minimum atomic E-state index is 0.633. The molecule has 1 heterocycles. The monoisotopic (exact) mass is 200 g/mol. The average molecular weight is 200 g/mol. The van der Waals surface area contributed by atoms with Crippen LogP contribution < -0.4 is 5.32 Å². The molecule has 0 bridgehead atoms. The molecule has 1 atom stereocenters. The second-order valence-electron chi connectivity index (χ2n) is 4.62. The summed E-state index contributed by atoms with van der Waals surface area (Å²) in [7, 11) is 0. The first-order chi connectivity index (χ1) is 6.68. The first kappa shape index (κ1) is 12.0. The van der Waals surface area contributed by atoms with Gasteiger partial charge in [-0.2, -0.15) is 0 Å². The molecular weight excluding hydrogens is 176 g/mol. The molecule has 1 N–H and O–H groups in total. The van der Waals surface area contributed by atoms with Crippen molar-refractivity contribution in [1.29, 1.82) is 0 Å². The SMILES string of the molecule is CC(C)COCCN1CCN[C@@H](C)C1. The standard InChI is InChI=1S/C11H24N2O/c1-10(2)9-14-7-6-13-5-4-12-11(3)8-13/h10-12H,4-9H2,1-3H3/t11-/m0/s1. The van der Waals surface area contributed by atoms with E-state index in [9.17, 15) is 0 Å². The topological polar surface area (TPSA) is 24.5 Å². The number of hydrogen-bond donors (Lipinski definition) is 1. The predicted octanol–water partition coefficient (Wildman–Crippen LogP) is 0.953. The van der Waals surface area contributed by atoms with Gasteiger partial charge in [-0.3, -0.25) is 4.90 Å². The molecule has 0 unspecified atom stereocenters. The lowest BCUT2D eigenvalue weighted by Gasteiger charge is -2.31. The van der Waals surface area contributed by atoms with E-state index in [0.717, 1.165) is 39.4 Å². The molecule has 0 aromatic carbocycles. The van der Waals surface area contributed by atoms with Crippen LogP contribution in [0.25, 0.3) is 0 Å². The maximum Gasteiger partial charge on any atom is 0.0593 e. The van der Waals surface area contributed by atoms with Crippen molar-refractivity contribution >= 4 is 0 Å². The molecule has 0 saturated carbocycles. The summed E-state index contributed by atoms with van der Waals surface area (Å²) in [5.74, 6) is 0.650. The van der Waals surface area contributed by atoms with Crippen LogP contribution in [0.15, 0.2) is 0 Å². The van der Waals surface area contributed by atoms with Gasteiger partial charge in [0.2, 0.25) is 0 Å². The van der Waals surface area contributed by atoms with Gasteiger partial charge in [0.1, 0.15) is 0 Å². The van der Waals surface area contributed by atoms with Crippen LogP contribution in [0.5, 0.6) is 0 Å². The second-order valence-corrected chi connectivity index (χ2v) is 4.62. The Morgan fingerprint density at radius 2 is 2.29 bits per heavy atom. The highest BCUT2D eigenvalue weighted by molar-refractivity contribution is 4.74. The van der Waals surface area contributed by atoms with Gasteiger partial charge in [-0.05, 0) is 12.8 Å². The van der Waals surface area contributed by atoms with Crippen LogP contribution >= 0.6 is 0 Å². The first-order valence-electron chi connectivity index (χ1n) is 5.72. The summed E-state index contributed by atoms with van der Waals surface area (Å²) in [6.45, 7) is 12.9. The van der Waals surface area contributed by atoms with E-state index in [1.807, 2.05) is 0 Å². The molecule has 0 spiro atoms. The molecule has 1 rings (SSSR count). The summed E-state index contributed by atoms with van der Waals surface area (Å²) in [5.41, 5.74) is 0. The van der Waals surface area contributed by atoms with E-state index in [0.29, 0.717) is 12.0 Å². The Balaban J connectivity index is 2.00. The molecule has 14 heavy (non-hydrogen) atoms. The van der Waals surface area contributed by atoms with Crippen molar-refractivity contribution in [3.8, 4) is 0 Å². The average Bonchev–Trinajstić information content (AvgIpc) is 2.12. The molecule has 1 aliphatic rings. The fourth-order valence-electron chi connectivity index (χ4n) is 1.73. The summed E-state index contributed by atoms with van der Waals surface area (Å²) in [6.07, 6.45) is 0. The summed E-state index contributed by atoms with van der Waals surface area (Å²) in [5, 5.41) is 3.44. The number of nitrogens with one attached hydrogen (secondary N) is 1. The van der Waals surface area contributed by atoms with E-state index < -0.39 is 0 Å². The minimum Gasteiger partial charge on any atom is -0.380 e. The van der Waals surface area contributed by atoms with Crippen molar-refractivity contribution in [3.05, 3.63) is 0 Å². The van der Waals surface area contributed by atoms with E-state index in [-0.39, 0.29) is 0 Å². The summed E-state index contributed by atoms with van der Waals surface area (Å²) in [4.78, 5) is 2.47. The maximum absolute atomic E-state index is 5.57. The maximum atomic E-state index is 5.57. The Bertz CT molecular complexity index is 150. The lowest BCUT2D eigenvalue weighted by atomic mass is 10.2. The van der Waals surface area contributed by atoms with E-state index in [2.05, 4.69) is 31.0 Å². The van der Waals surface area contributed by atoms with Crippen LogP contribution in [-0.2, 0) is 4.74 Å². The Labute approximate surface area is 87.8 Å². The first-order valence-corrected chi connectivity index (χ1v) is 5.72. The Kier molecular flexibility index (Phi) is 5.45. The molecule has 1 aliphatic heterocycles. The van der Waals surface area contributed by atoms with Gasteiger partial charge in [-0.25, -0.2) is 0 Å². The molecular formula is C11H24N2O. The normalized spacial score (nSPS) is 24.4. The number of rotatable bonds is 5. The van der Waals surface area contributed by atoms with Crippen molar-refractivity contribution < 1.29 is 4.74 Å². The van der Waals surface area contributed by atoms with Crippen LogP contribution in [0, 0.1) is 5.92 Å². The third-order valence-corrected chi connectivity index (χ3v) is 2.46. The molecule has 84 valence electrons. The highest BCUT2D eigenvalue weighted by atomic mass is 16.5. The number of piperazine rings is 1. The quantitative estimate of drug-likeness (QED) is 0.669. The van der Waals surface area contributed by atoms with Crippen molar-refractivity contribution in [2.45, 2.75) is 26.8 Å². The third kappa shape index (κ3) is 4.94. The van der Waals surface area contributed by atoms with E-state index >= 15 is 0 Å². The molecule has 0 radical (unpaired) electrons. The largest absolute Gasteiger partial charge is 0.380 e. The van der Waals surface area contributed by atoms with Crippen LogP contribution in [0.1, 0.15) is 20.8 Å². The Morgan fingerprint density at radius 1 is 1.50 bits per heavy atom. The number of nitrogens with zero attached hydrogens (tertiary/aromatic N) is 1. The highest BCUT2D eigenvalue weighted by Crippen LogP contribution is 1.98. The highest BCUT2D eigenvalue weighted by Gasteiger charge is 2.14. The summed E-state index contributed by atoms with van der Waals surface area (Å²) in [6, 6.07) is 0.633. The molecule has 3 heteroatoms. The van der Waals surface area contributed by atoms with Crippen LogP contribution in [0.4, 0.5) is 0 Å². The van der Waals surface area contributed by atoms with Gasteiger partial charge in [-0.1, -0.05) is 13.8 Å². The zero-order chi connectivity index (χ0) is 10.4. The number of ether oxygens (including phenoxy) is 1. The van der Waals surface area contributed by atoms with E-state index in [1.54, 1.807) is 0 Å². The van der Waals surface area contributed by atoms with Gasteiger partial charge in [0, 0.05) is 38.8 Å². The molecule has 1 saturated heterocycles. The van der Waals surface area contributed by atoms with Crippen molar-refractivity contribution in [1.82, 2.24) is 10.2 Å². The van der Waals surface area contributed by atoms with Crippen LogP contribution in [0.3, 0.4) is 0 Å². The van der Waals surface area contributed by atoms with Gasteiger partial charge in [0.15, 0.2) is 0 Å². The van der Waals surface area contributed by atoms with Crippen molar-refractivity contribution in [2.75, 3.05) is 39.4 Å². The van der Waals surface area contributed by atoms with E-state index in [1.165, 1.54) is 0 Å². The van der Waals surface area contributed by atoms with Gasteiger partial charge in [0.25, 0.3) is 0 Å². The lowest BCUT2D eigenvalue weighted by Crippen LogP contribution is -2.49. The smallest absolute Gasteiger partial charge is 0.0593 e. The molecule has 3 nitrogen and oxygen atoms in total. The van der Waals surface area contributed by atoms with Gasteiger partial charge in [-0.15, -0.1) is 0 Å². The molecule has 1 fully saturated rings. The Hall–Kier alpha value is -0.120. The molecule has 0 aromatic rings. The zero-order valence-electron chi connectivity index (χ0n) is 9.75. The number of hydrogen-bond acceptors (Lipinski definition) is 3.